The molecule has 2 heterocycles. The van der Waals surface area contributed by atoms with E-state index < -0.39 is 0 Å². The summed E-state index contributed by atoms with van der Waals surface area (Å²) < 4.78 is 5.02. The molecule has 70 heavy (non-hydrogen) atoms. The summed E-state index contributed by atoms with van der Waals surface area (Å²) in [5.41, 5.74) is 9.57. The van der Waals surface area contributed by atoms with Gasteiger partial charge in [0.15, 0.2) is 0 Å². The molecule has 0 aliphatic heterocycles. The van der Waals surface area contributed by atoms with Crippen molar-refractivity contribution in [2.75, 3.05) is 0 Å². The highest BCUT2D eigenvalue weighted by molar-refractivity contribution is 6.34. The summed E-state index contributed by atoms with van der Waals surface area (Å²) in [4.78, 5) is 0. The summed E-state index contributed by atoms with van der Waals surface area (Å²) in [6, 6.07) is 90.6. The normalized spacial score (nSPS) is 12.3. The van der Waals surface area contributed by atoms with Crippen molar-refractivity contribution in [3.05, 3.63) is 243 Å². The van der Waals surface area contributed by atoms with E-state index in [-0.39, 0.29) is 0 Å². The van der Waals surface area contributed by atoms with E-state index >= 15 is 0 Å². The van der Waals surface area contributed by atoms with Crippen LogP contribution in [0.15, 0.2) is 243 Å². The summed E-state index contributed by atoms with van der Waals surface area (Å²) in [5, 5.41) is 25.4. The number of hydrogen-bond acceptors (Lipinski definition) is 0. The Bertz CT molecular complexity index is 4640. The number of aromatic nitrogens is 2. The quantitative estimate of drug-likeness (QED) is 0.157. The fourth-order valence-electron chi connectivity index (χ4n) is 12.7. The molecule has 16 aromatic rings. The molecule has 16 rings (SSSR count). The Labute approximate surface area is 402 Å². The van der Waals surface area contributed by atoms with E-state index in [0.29, 0.717) is 0 Å². The number of benzene rings is 14. The van der Waals surface area contributed by atoms with E-state index in [1.165, 1.54) is 152 Å². The van der Waals surface area contributed by atoms with Gasteiger partial charge in [0.2, 0.25) is 0 Å². The summed E-state index contributed by atoms with van der Waals surface area (Å²) in [6.07, 6.45) is 0. The zero-order valence-electron chi connectivity index (χ0n) is 38.0. The molecule has 0 spiro atoms. The molecule has 0 amide bonds. The van der Waals surface area contributed by atoms with E-state index in [9.17, 15) is 0 Å². The second-order valence-electron chi connectivity index (χ2n) is 19.1. The fourth-order valence-corrected chi connectivity index (χ4v) is 12.7. The molecule has 2 nitrogen and oxygen atoms in total. The van der Waals surface area contributed by atoms with E-state index in [2.05, 4.69) is 252 Å². The van der Waals surface area contributed by atoms with Crippen LogP contribution in [0.1, 0.15) is 0 Å². The molecule has 0 aliphatic rings. The fraction of sp³-hybridized carbons (Fsp3) is 0. The molecule has 0 fully saturated rings. The highest BCUT2D eigenvalue weighted by Crippen LogP contribution is 2.46. The Morgan fingerprint density at radius 3 is 0.800 bits per heavy atom. The van der Waals surface area contributed by atoms with Crippen molar-refractivity contribution in [3.63, 3.8) is 0 Å². The van der Waals surface area contributed by atoms with Crippen LogP contribution in [0.4, 0.5) is 0 Å². The zero-order valence-corrected chi connectivity index (χ0v) is 38.0. The molecule has 14 aromatic carbocycles. The lowest BCUT2D eigenvalue weighted by Crippen LogP contribution is -1.97. The van der Waals surface area contributed by atoms with Gasteiger partial charge in [0.25, 0.3) is 0 Å². The minimum Gasteiger partial charge on any atom is -0.309 e. The molecule has 0 N–H and O–H groups in total. The maximum atomic E-state index is 2.51. The molecular formula is C68H40N2. The van der Waals surface area contributed by atoms with Gasteiger partial charge in [-0.25, -0.2) is 0 Å². The van der Waals surface area contributed by atoms with Gasteiger partial charge in [0, 0.05) is 32.3 Å². The van der Waals surface area contributed by atoms with Crippen molar-refractivity contribution in [1.29, 1.82) is 0 Å². The van der Waals surface area contributed by atoms with Gasteiger partial charge in [-0.05, 0) is 135 Å². The highest BCUT2D eigenvalue weighted by Gasteiger charge is 2.22. The first kappa shape index (κ1) is 37.8. The van der Waals surface area contributed by atoms with Gasteiger partial charge in [-0.2, -0.15) is 0 Å². The lowest BCUT2D eigenvalue weighted by atomic mass is 9.90. The molecule has 0 saturated carbocycles. The molecular weight excluding hydrogens is 845 g/mol. The number of fused-ring (bicyclic) bond motifs is 22. The summed E-state index contributed by atoms with van der Waals surface area (Å²) in [7, 11) is 0. The second-order valence-corrected chi connectivity index (χ2v) is 19.1. The van der Waals surface area contributed by atoms with Gasteiger partial charge in [0.05, 0.1) is 33.4 Å². The average molecular weight is 885 g/mol. The Morgan fingerprint density at radius 1 is 0.171 bits per heavy atom. The molecule has 0 saturated heterocycles. The minimum absolute atomic E-state index is 1.19. The summed E-state index contributed by atoms with van der Waals surface area (Å²) >= 11 is 0. The van der Waals surface area contributed by atoms with Crippen molar-refractivity contribution in [3.8, 4) is 22.5 Å². The van der Waals surface area contributed by atoms with Crippen LogP contribution in [0.5, 0.6) is 0 Å². The van der Waals surface area contributed by atoms with Crippen LogP contribution < -0.4 is 0 Å². The summed E-state index contributed by atoms with van der Waals surface area (Å²) in [6.45, 7) is 0. The molecule has 0 atom stereocenters. The van der Waals surface area contributed by atoms with E-state index in [1.807, 2.05) is 0 Å². The molecule has 0 bridgehead atoms. The maximum Gasteiger partial charge on any atom is 0.0547 e. The molecule has 0 radical (unpaired) electrons. The second kappa shape index (κ2) is 14.1. The van der Waals surface area contributed by atoms with Gasteiger partial charge >= 0.3 is 0 Å². The molecule has 2 aromatic heterocycles. The van der Waals surface area contributed by atoms with Crippen LogP contribution >= 0.6 is 0 Å². The maximum absolute atomic E-state index is 2.51. The van der Waals surface area contributed by atoms with Gasteiger partial charge in [-0.3, -0.25) is 0 Å². The molecule has 0 aliphatic carbocycles. The highest BCUT2D eigenvalue weighted by atomic mass is 15.0. The van der Waals surface area contributed by atoms with Gasteiger partial charge in [0.1, 0.15) is 0 Å². The third-order valence-electron chi connectivity index (χ3n) is 15.6. The first-order chi connectivity index (χ1) is 34.8. The third kappa shape index (κ3) is 5.06. The Morgan fingerprint density at radius 2 is 0.429 bits per heavy atom. The topological polar surface area (TPSA) is 9.86 Å². The van der Waals surface area contributed by atoms with Crippen molar-refractivity contribution in [1.82, 2.24) is 9.13 Å². The standard InChI is InChI=1S/C68H40N2/c1-3-21-47-43(17-1)45-19-5-9-27-53(45)67-55-29-11-7-23-49(55)65(39-59(47)67)69-61-31-15-13-25-51(61)57-37-41(33-35-63(57)69)42-34-36-64-58(38-42)52-26-14-16-32-62(52)70(64)66-40-60-48-22-4-2-18-44(48)46-20-6-10-28-54(46)68(60)56-30-12-8-24-50(56)66/h1-40H. The van der Waals surface area contributed by atoms with Crippen LogP contribution in [0.3, 0.4) is 0 Å². The van der Waals surface area contributed by atoms with E-state index in [0.717, 1.165) is 0 Å². The molecule has 2 heteroatoms. The van der Waals surface area contributed by atoms with E-state index in [1.54, 1.807) is 0 Å². The van der Waals surface area contributed by atoms with Crippen molar-refractivity contribution in [2.45, 2.75) is 0 Å². The monoisotopic (exact) mass is 884 g/mol. The molecule has 322 valence electrons. The van der Waals surface area contributed by atoms with Crippen LogP contribution in [0, 0.1) is 0 Å². The number of nitrogens with zero attached hydrogens (tertiary/aromatic N) is 2. The predicted octanol–water partition coefficient (Wildman–Crippen LogP) is 18.8. The first-order valence-corrected chi connectivity index (χ1v) is 24.3. The Kier molecular flexibility index (Phi) is 7.64. The van der Waals surface area contributed by atoms with Crippen molar-refractivity contribution >= 4 is 130 Å². The van der Waals surface area contributed by atoms with Gasteiger partial charge in [-0.15, -0.1) is 0 Å². The van der Waals surface area contributed by atoms with Crippen LogP contribution in [0.2, 0.25) is 0 Å². The SMILES string of the molecule is c1ccc2c(c1)c(-n1c3ccccc3c3cc(-c4ccc5c(c4)c4ccccc4n5-c4cc5c6ccccc6c6ccccc6c5c5ccccc45)ccc31)cc1c3ccccc3c3ccccc3c21. The van der Waals surface area contributed by atoms with Crippen LogP contribution in [-0.4, -0.2) is 9.13 Å². The zero-order chi connectivity index (χ0) is 45.6. The largest absolute Gasteiger partial charge is 0.309 e. The smallest absolute Gasteiger partial charge is 0.0547 e. The van der Waals surface area contributed by atoms with E-state index in [4.69, 9.17) is 0 Å². The number of para-hydroxylation sites is 2. The number of rotatable bonds is 3. The first-order valence-electron chi connectivity index (χ1n) is 24.3. The van der Waals surface area contributed by atoms with Gasteiger partial charge < -0.3 is 9.13 Å². The Hall–Kier alpha value is -9.24. The van der Waals surface area contributed by atoms with Crippen molar-refractivity contribution < 1.29 is 0 Å². The minimum atomic E-state index is 1.19. The summed E-state index contributed by atoms with van der Waals surface area (Å²) in [5.74, 6) is 0. The number of hydrogen-bond donors (Lipinski definition) is 0. The Balaban J connectivity index is 0.922. The molecule has 0 unspecified atom stereocenters. The van der Waals surface area contributed by atoms with Crippen LogP contribution in [0.25, 0.3) is 152 Å². The van der Waals surface area contributed by atoms with Crippen molar-refractivity contribution in [2.24, 2.45) is 0 Å². The third-order valence-corrected chi connectivity index (χ3v) is 15.6. The predicted molar refractivity (Wildman–Crippen MR) is 301 cm³/mol. The lowest BCUT2D eigenvalue weighted by molar-refractivity contribution is 1.20. The van der Waals surface area contributed by atoms with Gasteiger partial charge in [-0.1, -0.05) is 194 Å². The average Bonchev–Trinajstić information content (AvgIpc) is 3.94. The van der Waals surface area contributed by atoms with Crippen LogP contribution in [-0.2, 0) is 0 Å². The lowest BCUT2D eigenvalue weighted by Gasteiger charge is -2.18.